The lowest BCUT2D eigenvalue weighted by Gasteiger charge is -2.18. The highest BCUT2D eigenvalue weighted by atomic mass is 19.1. The van der Waals surface area contributed by atoms with Crippen molar-refractivity contribution in [3.63, 3.8) is 0 Å². The Hall–Kier alpha value is -1.62. The fourth-order valence-electron chi connectivity index (χ4n) is 2.76. The van der Waals surface area contributed by atoms with Crippen LogP contribution in [0.15, 0.2) is 23.4 Å². The van der Waals surface area contributed by atoms with Crippen molar-refractivity contribution in [2.24, 2.45) is 22.7 Å². The van der Waals surface area contributed by atoms with Crippen LogP contribution in [-0.4, -0.2) is 29.0 Å². The SMILES string of the molecule is CC(C)C1CCN(Cc2cc(F)cc(/C(N)=N/O)c2)C1. The highest BCUT2D eigenvalue weighted by Gasteiger charge is 2.24. The summed E-state index contributed by atoms with van der Waals surface area (Å²) in [5.41, 5.74) is 6.80. The molecule has 0 aromatic heterocycles. The van der Waals surface area contributed by atoms with Crippen LogP contribution in [0.1, 0.15) is 31.4 Å². The maximum Gasteiger partial charge on any atom is 0.170 e. The van der Waals surface area contributed by atoms with Gasteiger partial charge in [-0.1, -0.05) is 19.0 Å². The van der Waals surface area contributed by atoms with Gasteiger partial charge in [-0.3, -0.25) is 4.90 Å². The van der Waals surface area contributed by atoms with Crippen LogP contribution in [0.3, 0.4) is 0 Å². The molecular weight excluding hydrogens is 257 g/mol. The van der Waals surface area contributed by atoms with E-state index in [1.54, 1.807) is 6.07 Å². The predicted octanol–water partition coefficient (Wildman–Crippen LogP) is 2.40. The molecule has 4 nitrogen and oxygen atoms in total. The molecule has 1 aromatic rings. The summed E-state index contributed by atoms with van der Waals surface area (Å²) >= 11 is 0. The van der Waals surface area contributed by atoms with Crippen molar-refractivity contribution in [1.29, 1.82) is 0 Å². The summed E-state index contributed by atoms with van der Waals surface area (Å²) < 4.78 is 13.6. The molecule has 0 saturated carbocycles. The Bertz CT molecular complexity index is 502. The summed E-state index contributed by atoms with van der Waals surface area (Å²) in [6.07, 6.45) is 1.19. The van der Waals surface area contributed by atoms with Crippen molar-refractivity contribution in [1.82, 2.24) is 4.90 Å². The normalized spacial score (nSPS) is 20.8. The van der Waals surface area contributed by atoms with Crippen LogP contribution in [0, 0.1) is 17.7 Å². The molecule has 110 valence electrons. The molecule has 1 heterocycles. The van der Waals surface area contributed by atoms with E-state index in [9.17, 15) is 4.39 Å². The third kappa shape index (κ3) is 3.48. The lowest BCUT2D eigenvalue weighted by Crippen LogP contribution is -2.22. The second-order valence-electron chi connectivity index (χ2n) is 5.86. The lowest BCUT2D eigenvalue weighted by atomic mass is 9.95. The van der Waals surface area contributed by atoms with Crippen molar-refractivity contribution in [3.05, 3.63) is 35.1 Å². The summed E-state index contributed by atoms with van der Waals surface area (Å²) in [7, 11) is 0. The smallest absolute Gasteiger partial charge is 0.170 e. The second-order valence-corrected chi connectivity index (χ2v) is 5.86. The molecule has 0 radical (unpaired) electrons. The van der Waals surface area contributed by atoms with Gasteiger partial charge in [-0.25, -0.2) is 4.39 Å². The molecule has 5 heteroatoms. The Balaban J connectivity index is 2.09. The van der Waals surface area contributed by atoms with E-state index in [4.69, 9.17) is 10.9 Å². The summed E-state index contributed by atoms with van der Waals surface area (Å²) in [6.45, 7) is 7.28. The van der Waals surface area contributed by atoms with E-state index < -0.39 is 0 Å². The number of nitrogens with zero attached hydrogens (tertiary/aromatic N) is 2. The number of rotatable bonds is 4. The number of hydrogen-bond donors (Lipinski definition) is 2. The molecule has 1 aromatic carbocycles. The van der Waals surface area contributed by atoms with Crippen molar-refractivity contribution >= 4 is 5.84 Å². The number of amidine groups is 1. The minimum absolute atomic E-state index is 0.0628. The van der Waals surface area contributed by atoms with Crippen LogP contribution in [0.25, 0.3) is 0 Å². The highest BCUT2D eigenvalue weighted by Crippen LogP contribution is 2.25. The molecule has 3 N–H and O–H groups in total. The van der Waals surface area contributed by atoms with E-state index >= 15 is 0 Å². The molecule has 2 rings (SSSR count). The fraction of sp³-hybridized carbons (Fsp3) is 0.533. The van der Waals surface area contributed by atoms with Gasteiger partial charge in [0, 0.05) is 18.7 Å². The van der Waals surface area contributed by atoms with Crippen LogP contribution in [0.5, 0.6) is 0 Å². The van der Waals surface area contributed by atoms with Gasteiger partial charge in [-0.05, 0) is 48.6 Å². The molecule has 1 fully saturated rings. The largest absolute Gasteiger partial charge is 0.409 e. The van der Waals surface area contributed by atoms with Crippen LogP contribution >= 0.6 is 0 Å². The number of benzene rings is 1. The van der Waals surface area contributed by atoms with Gasteiger partial charge < -0.3 is 10.9 Å². The average molecular weight is 279 g/mol. The van der Waals surface area contributed by atoms with E-state index in [0.29, 0.717) is 23.9 Å². The van der Waals surface area contributed by atoms with E-state index in [0.717, 1.165) is 18.7 Å². The standard InChI is InChI=1S/C15H22FN3O/c1-10(2)12-3-4-19(9-12)8-11-5-13(15(17)18-20)7-14(16)6-11/h5-7,10,12,20H,3-4,8-9H2,1-2H3,(H2,17,18). The number of hydrogen-bond acceptors (Lipinski definition) is 3. The van der Waals surface area contributed by atoms with Crippen LogP contribution in [-0.2, 0) is 6.54 Å². The highest BCUT2D eigenvalue weighted by molar-refractivity contribution is 5.97. The van der Waals surface area contributed by atoms with Gasteiger partial charge >= 0.3 is 0 Å². The fourth-order valence-corrected chi connectivity index (χ4v) is 2.76. The maximum atomic E-state index is 13.6. The molecule has 1 saturated heterocycles. The van der Waals surface area contributed by atoms with E-state index in [2.05, 4.69) is 23.9 Å². The molecule has 1 aliphatic heterocycles. The van der Waals surface area contributed by atoms with Gasteiger partial charge in [-0.15, -0.1) is 0 Å². The number of nitrogens with two attached hydrogens (primary N) is 1. The Labute approximate surface area is 119 Å². The number of likely N-dealkylation sites (tertiary alicyclic amines) is 1. The molecule has 0 amide bonds. The molecule has 1 unspecified atom stereocenters. The van der Waals surface area contributed by atoms with Crippen LogP contribution in [0.2, 0.25) is 0 Å². The van der Waals surface area contributed by atoms with Crippen LogP contribution < -0.4 is 5.73 Å². The van der Waals surface area contributed by atoms with E-state index in [1.807, 2.05) is 0 Å². The minimum atomic E-state index is -0.358. The van der Waals surface area contributed by atoms with E-state index in [1.165, 1.54) is 18.6 Å². The topological polar surface area (TPSA) is 61.8 Å². The quantitative estimate of drug-likeness (QED) is 0.385. The Morgan fingerprint density at radius 2 is 2.25 bits per heavy atom. The third-order valence-corrected chi connectivity index (χ3v) is 4.02. The maximum absolute atomic E-state index is 13.6. The van der Waals surface area contributed by atoms with Gasteiger partial charge in [0.15, 0.2) is 5.84 Å². The van der Waals surface area contributed by atoms with Gasteiger partial charge in [0.1, 0.15) is 5.82 Å². The van der Waals surface area contributed by atoms with Gasteiger partial charge in [-0.2, -0.15) is 0 Å². The zero-order valence-corrected chi connectivity index (χ0v) is 12.0. The summed E-state index contributed by atoms with van der Waals surface area (Å²) in [4.78, 5) is 2.33. The lowest BCUT2D eigenvalue weighted by molar-refractivity contribution is 0.296. The van der Waals surface area contributed by atoms with Gasteiger partial charge in [0.05, 0.1) is 0 Å². The zero-order chi connectivity index (χ0) is 14.7. The van der Waals surface area contributed by atoms with E-state index in [-0.39, 0.29) is 11.7 Å². The molecule has 1 aliphatic rings. The van der Waals surface area contributed by atoms with Crippen molar-refractivity contribution in [3.8, 4) is 0 Å². The average Bonchev–Trinajstić information content (AvgIpc) is 2.85. The van der Waals surface area contributed by atoms with Crippen molar-refractivity contribution in [2.45, 2.75) is 26.8 Å². The Morgan fingerprint density at radius 3 is 2.85 bits per heavy atom. The van der Waals surface area contributed by atoms with Gasteiger partial charge in [0.2, 0.25) is 0 Å². The molecule has 0 spiro atoms. The minimum Gasteiger partial charge on any atom is -0.409 e. The summed E-state index contributed by atoms with van der Waals surface area (Å²) in [5.74, 6) is 0.975. The first-order valence-electron chi connectivity index (χ1n) is 6.99. The monoisotopic (exact) mass is 279 g/mol. The zero-order valence-electron chi connectivity index (χ0n) is 12.0. The Kier molecular flexibility index (Phi) is 4.60. The van der Waals surface area contributed by atoms with Crippen molar-refractivity contribution in [2.75, 3.05) is 13.1 Å². The first-order chi connectivity index (χ1) is 9.49. The Morgan fingerprint density at radius 1 is 1.50 bits per heavy atom. The first-order valence-corrected chi connectivity index (χ1v) is 6.99. The molecular formula is C15H22FN3O. The first kappa shape index (κ1) is 14.8. The predicted molar refractivity (Wildman–Crippen MR) is 77.1 cm³/mol. The van der Waals surface area contributed by atoms with Gasteiger partial charge in [0.25, 0.3) is 0 Å². The molecule has 0 aliphatic carbocycles. The van der Waals surface area contributed by atoms with Crippen molar-refractivity contribution < 1.29 is 9.60 Å². The molecule has 1 atom stereocenters. The second kappa shape index (κ2) is 6.22. The third-order valence-electron chi connectivity index (χ3n) is 4.02. The summed E-state index contributed by atoms with van der Waals surface area (Å²) in [6, 6.07) is 4.57. The number of halogens is 1. The van der Waals surface area contributed by atoms with Crippen LogP contribution in [0.4, 0.5) is 4.39 Å². The molecule has 0 bridgehead atoms. The number of oxime groups is 1. The summed E-state index contributed by atoms with van der Waals surface area (Å²) in [5, 5.41) is 11.6. The molecule has 20 heavy (non-hydrogen) atoms.